The highest BCUT2D eigenvalue weighted by atomic mass is 32.2. The van der Waals surface area contributed by atoms with Crippen LogP contribution in [0.15, 0.2) is 53.4 Å². The fourth-order valence-corrected chi connectivity index (χ4v) is 4.25. The van der Waals surface area contributed by atoms with Crippen LogP contribution in [0.4, 0.5) is 5.69 Å². The Balaban J connectivity index is 1.74. The van der Waals surface area contributed by atoms with E-state index in [4.69, 9.17) is 9.47 Å². The van der Waals surface area contributed by atoms with Gasteiger partial charge in [0.25, 0.3) is 5.91 Å². The van der Waals surface area contributed by atoms with E-state index in [-0.39, 0.29) is 10.8 Å². The minimum atomic E-state index is -3.61. The van der Waals surface area contributed by atoms with Crippen molar-refractivity contribution in [2.45, 2.75) is 11.5 Å². The van der Waals surface area contributed by atoms with Crippen molar-refractivity contribution in [1.82, 2.24) is 4.31 Å². The molecule has 1 aliphatic rings. The SMILES string of the molecule is COCc1ccc(C(=O)Nc2cccc(S(=O)(=O)N3CCOCC3)c2)cc1. The fraction of sp³-hybridized carbons (Fsp3) is 0.316. The molecule has 1 aliphatic heterocycles. The highest BCUT2D eigenvalue weighted by Gasteiger charge is 2.26. The molecule has 2 aromatic carbocycles. The van der Waals surface area contributed by atoms with Crippen LogP contribution in [0, 0.1) is 0 Å². The van der Waals surface area contributed by atoms with Gasteiger partial charge in [0.1, 0.15) is 0 Å². The van der Waals surface area contributed by atoms with Gasteiger partial charge in [0.15, 0.2) is 0 Å². The summed E-state index contributed by atoms with van der Waals surface area (Å²) in [5, 5.41) is 2.75. The quantitative estimate of drug-likeness (QED) is 0.817. The smallest absolute Gasteiger partial charge is 0.255 e. The molecule has 0 radical (unpaired) electrons. The van der Waals surface area contributed by atoms with Gasteiger partial charge in [-0.1, -0.05) is 18.2 Å². The van der Waals surface area contributed by atoms with Crippen LogP contribution < -0.4 is 5.32 Å². The van der Waals surface area contributed by atoms with Crippen LogP contribution in [0.25, 0.3) is 0 Å². The number of hydrogen-bond acceptors (Lipinski definition) is 5. The second-order valence-electron chi connectivity index (χ2n) is 6.13. The van der Waals surface area contributed by atoms with Crippen LogP contribution in [-0.4, -0.2) is 52.0 Å². The number of carbonyl (C=O) groups is 1. The summed E-state index contributed by atoms with van der Waals surface area (Å²) in [5.74, 6) is -0.306. The van der Waals surface area contributed by atoms with Crippen molar-refractivity contribution in [2.24, 2.45) is 0 Å². The first-order chi connectivity index (χ1) is 13.0. The lowest BCUT2D eigenvalue weighted by atomic mass is 10.1. The number of hydrogen-bond donors (Lipinski definition) is 1. The fourth-order valence-electron chi connectivity index (χ4n) is 2.79. The van der Waals surface area contributed by atoms with E-state index in [1.54, 1.807) is 31.4 Å². The maximum atomic E-state index is 12.7. The molecule has 0 aromatic heterocycles. The summed E-state index contributed by atoms with van der Waals surface area (Å²) in [5.41, 5.74) is 1.87. The molecule has 0 unspecified atom stereocenters. The van der Waals surface area contributed by atoms with Crippen molar-refractivity contribution in [3.05, 3.63) is 59.7 Å². The topological polar surface area (TPSA) is 84.9 Å². The van der Waals surface area contributed by atoms with Crippen LogP contribution in [0.5, 0.6) is 0 Å². The van der Waals surface area contributed by atoms with E-state index in [0.29, 0.717) is 44.2 Å². The monoisotopic (exact) mass is 390 g/mol. The highest BCUT2D eigenvalue weighted by Crippen LogP contribution is 2.21. The molecule has 1 N–H and O–H groups in total. The predicted molar refractivity (Wildman–Crippen MR) is 101 cm³/mol. The molecule has 0 atom stereocenters. The third-order valence-corrected chi connectivity index (χ3v) is 6.12. The van der Waals surface area contributed by atoms with E-state index in [0.717, 1.165) is 5.56 Å². The van der Waals surface area contributed by atoms with Gasteiger partial charge < -0.3 is 14.8 Å². The molecule has 1 heterocycles. The zero-order chi connectivity index (χ0) is 19.3. The Kier molecular flexibility index (Phi) is 6.22. The molecule has 1 saturated heterocycles. The Labute approximate surface area is 158 Å². The Morgan fingerprint density at radius 2 is 1.85 bits per heavy atom. The minimum Gasteiger partial charge on any atom is -0.380 e. The van der Waals surface area contributed by atoms with Crippen LogP contribution in [0.1, 0.15) is 15.9 Å². The van der Waals surface area contributed by atoms with E-state index >= 15 is 0 Å². The average Bonchev–Trinajstić information content (AvgIpc) is 2.69. The van der Waals surface area contributed by atoms with Crippen molar-refractivity contribution in [3.8, 4) is 0 Å². The number of rotatable bonds is 6. The molecule has 0 saturated carbocycles. The lowest BCUT2D eigenvalue weighted by molar-refractivity contribution is 0.0730. The van der Waals surface area contributed by atoms with E-state index in [1.807, 2.05) is 12.1 Å². The first-order valence-corrected chi connectivity index (χ1v) is 10.0. The summed E-state index contributed by atoms with van der Waals surface area (Å²) >= 11 is 0. The maximum absolute atomic E-state index is 12.7. The summed E-state index contributed by atoms with van der Waals surface area (Å²) in [7, 11) is -2.00. The van der Waals surface area contributed by atoms with Gasteiger partial charge in [-0.15, -0.1) is 0 Å². The molecule has 0 spiro atoms. The summed E-state index contributed by atoms with van der Waals surface area (Å²) in [6, 6.07) is 13.3. The summed E-state index contributed by atoms with van der Waals surface area (Å²) < 4.78 is 37.1. The molecule has 0 aliphatic carbocycles. The molecule has 27 heavy (non-hydrogen) atoms. The van der Waals surface area contributed by atoms with Crippen molar-refractivity contribution >= 4 is 21.6 Å². The van der Waals surface area contributed by atoms with Gasteiger partial charge in [-0.25, -0.2) is 8.42 Å². The van der Waals surface area contributed by atoms with Crippen LogP contribution >= 0.6 is 0 Å². The van der Waals surface area contributed by atoms with E-state index < -0.39 is 10.0 Å². The lowest BCUT2D eigenvalue weighted by Crippen LogP contribution is -2.40. The van der Waals surface area contributed by atoms with E-state index in [2.05, 4.69) is 5.32 Å². The molecule has 1 fully saturated rings. The van der Waals surface area contributed by atoms with E-state index in [1.165, 1.54) is 16.4 Å². The highest BCUT2D eigenvalue weighted by molar-refractivity contribution is 7.89. The Bertz CT molecular complexity index is 891. The van der Waals surface area contributed by atoms with Crippen molar-refractivity contribution < 1.29 is 22.7 Å². The number of methoxy groups -OCH3 is 1. The van der Waals surface area contributed by atoms with E-state index in [9.17, 15) is 13.2 Å². The molecular formula is C19H22N2O5S. The summed E-state index contributed by atoms with van der Waals surface area (Å²) in [6.45, 7) is 1.90. The van der Waals surface area contributed by atoms with Gasteiger partial charge in [0, 0.05) is 31.5 Å². The Hall–Kier alpha value is -2.26. The predicted octanol–water partition coefficient (Wildman–Crippen LogP) is 2.11. The average molecular weight is 390 g/mol. The maximum Gasteiger partial charge on any atom is 0.255 e. The second kappa shape index (κ2) is 8.62. The normalized spacial score (nSPS) is 15.4. The third kappa shape index (κ3) is 4.72. The third-order valence-electron chi connectivity index (χ3n) is 4.23. The van der Waals surface area contributed by atoms with Crippen LogP contribution in [0.2, 0.25) is 0 Å². The molecule has 2 aromatic rings. The number of carbonyl (C=O) groups excluding carboxylic acids is 1. The molecule has 3 rings (SSSR count). The summed E-state index contributed by atoms with van der Waals surface area (Å²) in [6.07, 6.45) is 0. The standard InChI is InChI=1S/C19H22N2O5S/c1-25-14-15-5-7-16(8-6-15)19(22)20-17-3-2-4-18(13-17)27(23,24)21-9-11-26-12-10-21/h2-8,13H,9-12,14H2,1H3,(H,20,22). The first kappa shape index (κ1) is 19.5. The molecular weight excluding hydrogens is 368 g/mol. The number of nitrogens with one attached hydrogen (secondary N) is 1. The van der Waals surface area contributed by atoms with Crippen molar-refractivity contribution in [1.29, 1.82) is 0 Å². The zero-order valence-corrected chi connectivity index (χ0v) is 15.9. The van der Waals surface area contributed by atoms with Crippen LogP contribution in [-0.2, 0) is 26.1 Å². The summed E-state index contributed by atoms with van der Waals surface area (Å²) in [4.78, 5) is 12.6. The van der Waals surface area contributed by atoms with Gasteiger partial charge in [0.05, 0.1) is 24.7 Å². The number of sulfonamides is 1. The second-order valence-corrected chi connectivity index (χ2v) is 8.07. The number of benzene rings is 2. The lowest BCUT2D eigenvalue weighted by Gasteiger charge is -2.26. The number of nitrogens with zero attached hydrogens (tertiary/aromatic N) is 1. The van der Waals surface area contributed by atoms with Crippen molar-refractivity contribution in [2.75, 3.05) is 38.7 Å². The van der Waals surface area contributed by atoms with Crippen molar-refractivity contribution in [3.63, 3.8) is 0 Å². The Morgan fingerprint density at radius 3 is 2.52 bits per heavy atom. The van der Waals surface area contributed by atoms with Gasteiger partial charge in [-0.3, -0.25) is 4.79 Å². The number of anilines is 1. The van der Waals surface area contributed by atoms with Gasteiger partial charge in [-0.05, 0) is 35.9 Å². The van der Waals surface area contributed by atoms with Gasteiger partial charge >= 0.3 is 0 Å². The molecule has 0 bridgehead atoms. The number of amides is 1. The minimum absolute atomic E-state index is 0.151. The number of morpholine rings is 1. The molecule has 8 heteroatoms. The Morgan fingerprint density at radius 1 is 1.15 bits per heavy atom. The molecule has 1 amide bonds. The molecule has 144 valence electrons. The molecule has 7 nitrogen and oxygen atoms in total. The largest absolute Gasteiger partial charge is 0.380 e. The zero-order valence-electron chi connectivity index (χ0n) is 15.1. The van der Waals surface area contributed by atoms with Gasteiger partial charge in [0.2, 0.25) is 10.0 Å². The van der Waals surface area contributed by atoms with Crippen LogP contribution in [0.3, 0.4) is 0 Å². The first-order valence-electron chi connectivity index (χ1n) is 8.58. The van der Waals surface area contributed by atoms with Gasteiger partial charge in [-0.2, -0.15) is 4.31 Å². The number of ether oxygens (including phenoxy) is 2.